The summed E-state index contributed by atoms with van der Waals surface area (Å²) in [5.74, 6) is 0.471. The van der Waals surface area contributed by atoms with Crippen LogP contribution in [0.5, 0.6) is 11.5 Å². The van der Waals surface area contributed by atoms with Crippen molar-refractivity contribution in [2.75, 3.05) is 26.8 Å². The highest BCUT2D eigenvalue weighted by Crippen LogP contribution is 2.34. The van der Waals surface area contributed by atoms with Crippen molar-refractivity contribution in [2.45, 2.75) is 38.8 Å². The number of nitrogens with zero attached hydrogens (tertiary/aromatic N) is 2. The molecule has 0 spiro atoms. The van der Waals surface area contributed by atoms with Gasteiger partial charge in [-0.05, 0) is 79.2 Å². The Morgan fingerprint density at radius 2 is 1.94 bits per heavy atom. The Hall–Kier alpha value is -3.39. The molecule has 2 amide bonds. The first-order valence-corrected chi connectivity index (χ1v) is 13.0. The van der Waals surface area contributed by atoms with Crippen LogP contribution in [0, 0.1) is 5.82 Å². The zero-order chi connectivity index (χ0) is 25.7. The molecule has 2 unspecified atom stereocenters. The summed E-state index contributed by atoms with van der Waals surface area (Å²) in [6.45, 7) is 4.71. The standard InChI is InChI=1S/C28H31FN2O4S/c1-4-19(2)31(28(33)20-6-5-7-23(16-20)34-3)17-27(32)30-14-12-26-24(13-15-36-26)25(30)18-35-22-10-8-21(29)9-11-22/h5-11,13,15-16,19,25H,4,12,14,17-18H2,1-3H3. The van der Waals surface area contributed by atoms with E-state index in [1.165, 1.54) is 17.0 Å². The molecule has 4 rings (SSSR count). The second kappa shape index (κ2) is 11.6. The van der Waals surface area contributed by atoms with Gasteiger partial charge in [0.25, 0.3) is 5.91 Å². The first-order chi connectivity index (χ1) is 17.4. The number of benzene rings is 2. The maximum atomic E-state index is 13.7. The molecule has 36 heavy (non-hydrogen) atoms. The monoisotopic (exact) mass is 510 g/mol. The fraction of sp³-hybridized carbons (Fsp3) is 0.357. The molecule has 2 atom stereocenters. The summed E-state index contributed by atoms with van der Waals surface area (Å²) in [6, 6.07) is 14.5. The Morgan fingerprint density at radius 1 is 1.17 bits per heavy atom. The molecule has 0 N–H and O–H groups in total. The normalized spacial score (nSPS) is 15.7. The number of amides is 2. The Morgan fingerprint density at radius 3 is 2.67 bits per heavy atom. The number of carbonyl (C=O) groups is 2. The number of halogens is 1. The van der Waals surface area contributed by atoms with Crippen LogP contribution in [-0.4, -0.2) is 54.5 Å². The third kappa shape index (κ3) is 5.70. The average Bonchev–Trinajstić information content (AvgIpc) is 3.39. The van der Waals surface area contributed by atoms with E-state index < -0.39 is 0 Å². The number of rotatable bonds is 9. The average molecular weight is 511 g/mol. The maximum Gasteiger partial charge on any atom is 0.254 e. The predicted octanol–water partition coefficient (Wildman–Crippen LogP) is 5.34. The SMILES string of the molecule is CCC(C)N(CC(=O)N1CCc2sccc2C1COc1ccc(F)cc1)C(=O)c1cccc(OC)c1. The zero-order valence-electron chi connectivity index (χ0n) is 20.8. The van der Waals surface area contributed by atoms with Crippen molar-refractivity contribution in [1.29, 1.82) is 0 Å². The van der Waals surface area contributed by atoms with Crippen LogP contribution in [0.25, 0.3) is 0 Å². The summed E-state index contributed by atoms with van der Waals surface area (Å²) in [7, 11) is 1.56. The second-order valence-corrected chi connectivity index (χ2v) is 9.84. The first kappa shape index (κ1) is 25.7. The Labute approximate surface area is 215 Å². The van der Waals surface area contributed by atoms with Crippen LogP contribution in [0.3, 0.4) is 0 Å². The molecule has 2 aromatic carbocycles. The van der Waals surface area contributed by atoms with Gasteiger partial charge in [0.2, 0.25) is 5.91 Å². The van der Waals surface area contributed by atoms with Gasteiger partial charge in [-0.15, -0.1) is 11.3 Å². The summed E-state index contributed by atoms with van der Waals surface area (Å²) in [5.41, 5.74) is 1.55. The van der Waals surface area contributed by atoms with E-state index >= 15 is 0 Å². The molecule has 0 radical (unpaired) electrons. The predicted molar refractivity (Wildman–Crippen MR) is 138 cm³/mol. The van der Waals surface area contributed by atoms with Crippen molar-refractivity contribution in [3.63, 3.8) is 0 Å². The van der Waals surface area contributed by atoms with E-state index in [0.29, 0.717) is 23.6 Å². The molecular formula is C28H31FN2O4S. The first-order valence-electron chi connectivity index (χ1n) is 12.1. The summed E-state index contributed by atoms with van der Waals surface area (Å²) >= 11 is 1.68. The van der Waals surface area contributed by atoms with Crippen molar-refractivity contribution in [1.82, 2.24) is 9.80 Å². The molecule has 1 aliphatic rings. The van der Waals surface area contributed by atoms with E-state index in [9.17, 15) is 14.0 Å². The van der Waals surface area contributed by atoms with E-state index in [-0.39, 0.29) is 42.9 Å². The second-order valence-electron chi connectivity index (χ2n) is 8.84. The van der Waals surface area contributed by atoms with E-state index in [1.807, 2.05) is 30.2 Å². The zero-order valence-corrected chi connectivity index (χ0v) is 21.6. The van der Waals surface area contributed by atoms with Crippen LogP contribution in [0.2, 0.25) is 0 Å². The van der Waals surface area contributed by atoms with E-state index in [2.05, 4.69) is 0 Å². The van der Waals surface area contributed by atoms with Crippen molar-refractivity contribution < 1.29 is 23.5 Å². The lowest BCUT2D eigenvalue weighted by Crippen LogP contribution is -2.49. The van der Waals surface area contributed by atoms with Gasteiger partial charge in [0.1, 0.15) is 30.5 Å². The molecule has 6 nitrogen and oxygen atoms in total. The number of carbonyl (C=O) groups excluding carboxylic acids is 2. The van der Waals surface area contributed by atoms with Gasteiger partial charge in [0.05, 0.1) is 13.2 Å². The number of fused-ring (bicyclic) bond motifs is 1. The molecule has 1 aliphatic heterocycles. The van der Waals surface area contributed by atoms with Gasteiger partial charge < -0.3 is 19.3 Å². The molecule has 0 bridgehead atoms. The lowest BCUT2D eigenvalue weighted by atomic mass is 10.00. The van der Waals surface area contributed by atoms with Crippen LogP contribution < -0.4 is 9.47 Å². The minimum atomic E-state index is -0.331. The molecule has 3 aromatic rings. The summed E-state index contributed by atoms with van der Waals surface area (Å²) in [6.07, 6.45) is 1.48. The molecule has 0 saturated heterocycles. The van der Waals surface area contributed by atoms with Crippen LogP contribution >= 0.6 is 11.3 Å². The molecule has 1 aromatic heterocycles. The largest absolute Gasteiger partial charge is 0.497 e. The summed E-state index contributed by atoms with van der Waals surface area (Å²) in [5, 5.41) is 2.03. The molecular weight excluding hydrogens is 479 g/mol. The van der Waals surface area contributed by atoms with Crippen molar-refractivity contribution in [3.05, 3.63) is 81.8 Å². The number of methoxy groups -OCH3 is 1. The fourth-order valence-corrected chi connectivity index (χ4v) is 5.32. The highest BCUT2D eigenvalue weighted by molar-refractivity contribution is 7.10. The van der Waals surface area contributed by atoms with E-state index in [1.54, 1.807) is 59.7 Å². The summed E-state index contributed by atoms with van der Waals surface area (Å²) in [4.78, 5) is 31.8. The van der Waals surface area contributed by atoms with E-state index in [4.69, 9.17) is 9.47 Å². The Bertz CT molecular complexity index is 1200. The molecule has 2 heterocycles. The highest BCUT2D eigenvalue weighted by atomic mass is 32.1. The van der Waals surface area contributed by atoms with Crippen LogP contribution in [0.15, 0.2) is 60.0 Å². The van der Waals surface area contributed by atoms with Crippen molar-refractivity contribution >= 4 is 23.2 Å². The molecule has 0 saturated carbocycles. The third-order valence-corrected chi connectivity index (χ3v) is 7.64. The van der Waals surface area contributed by atoms with Gasteiger partial charge >= 0.3 is 0 Å². The third-order valence-electron chi connectivity index (χ3n) is 6.64. The minimum Gasteiger partial charge on any atom is -0.497 e. The van der Waals surface area contributed by atoms with Crippen molar-refractivity contribution in [2.24, 2.45) is 0 Å². The van der Waals surface area contributed by atoms with Crippen LogP contribution in [-0.2, 0) is 11.2 Å². The van der Waals surface area contributed by atoms with Crippen LogP contribution in [0.4, 0.5) is 4.39 Å². The number of ether oxygens (including phenoxy) is 2. The van der Waals surface area contributed by atoms with Gasteiger partial charge in [-0.1, -0.05) is 13.0 Å². The fourth-order valence-electron chi connectivity index (χ4n) is 4.39. The smallest absolute Gasteiger partial charge is 0.254 e. The topological polar surface area (TPSA) is 59.1 Å². The Kier molecular flexibility index (Phi) is 8.25. The van der Waals surface area contributed by atoms with Gasteiger partial charge in [-0.2, -0.15) is 0 Å². The number of hydrogen-bond acceptors (Lipinski definition) is 5. The van der Waals surface area contributed by atoms with Gasteiger partial charge in [-0.3, -0.25) is 9.59 Å². The number of thiophene rings is 1. The molecule has 190 valence electrons. The van der Waals surface area contributed by atoms with Crippen LogP contribution in [0.1, 0.15) is 47.1 Å². The Balaban J connectivity index is 1.54. The molecule has 8 heteroatoms. The lowest BCUT2D eigenvalue weighted by Gasteiger charge is -2.38. The van der Waals surface area contributed by atoms with Gasteiger partial charge in [0.15, 0.2) is 0 Å². The van der Waals surface area contributed by atoms with Gasteiger partial charge in [0, 0.05) is 23.0 Å². The minimum absolute atomic E-state index is 0.0302. The lowest BCUT2D eigenvalue weighted by molar-refractivity contribution is -0.136. The quantitative estimate of drug-likeness (QED) is 0.390. The van der Waals surface area contributed by atoms with Gasteiger partial charge in [-0.25, -0.2) is 4.39 Å². The maximum absolute atomic E-state index is 13.7. The molecule has 0 fully saturated rings. The summed E-state index contributed by atoms with van der Waals surface area (Å²) < 4.78 is 24.6. The van der Waals surface area contributed by atoms with E-state index in [0.717, 1.165) is 18.4 Å². The molecule has 0 aliphatic carbocycles. The highest BCUT2D eigenvalue weighted by Gasteiger charge is 2.34. The van der Waals surface area contributed by atoms with Crippen molar-refractivity contribution in [3.8, 4) is 11.5 Å². The number of hydrogen-bond donors (Lipinski definition) is 0.